The van der Waals surface area contributed by atoms with E-state index >= 15 is 0 Å². The summed E-state index contributed by atoms with van der Waals surface area (Å²) >= 11 is 5.76. The Labute approximate surface area is 86.5 Å². The molecular weight excluding hydrogens is 202 g/mol. The van der Waals surface area contributed by atoms with Gasteiger partial charge in [-0.2, -0.15) is 5.26 Å². The van der Waals surface area contributed by atoms with Crippen molar-refractivity contribution in [3.8, 4) is 6.07 Å². The van der Waals surface area contributed by atoms with Gasteiger partial charge in [0.2, 0.25) is 0 Å². The summed E-state index contributed by atoms with van der Waals surface area (Å²) in [6.45, 7) is 1.57. The number of hydrogen-bond acceptors (Lipinski definition) is 2. The first-order valence-corrected chi connectivity index (χ1v) is 4.36. The van der Waals surface area contributed by atoms with Gasteiger partial charge in [-0.05, 0) is 24.6 Å². The third kappa shape index (κ3) is 2.04. The number of carboxylic acids is 1. The van der Waals surface area contributed by atoms with Crippen molar-refractivity contribution in [1.29, 1.82) is 5.26 Å². The molecule has 0 aliphatic rings. The second-order valence-corrected chi connectivity index (χ2v) is 3.32. The van der Waals surface area contributed by atoms with Gasteiger partial charge in [-0.3, -0.25) is 4.79 Å². The Bertz CT molecular complexity index is 409. The zero-order valence-electron chi connectivity index (χ0n) is 7.49. The first kappa shape index (κ1) is 10.6. The molecule has 0 heterocycles. The Hall–Kier alpha value is -1.53. The van der Waals surface area contributed by atoms with Crippen LogP contribution in [0.15, 0.2) is 18.2 Å². The maximum absolute atomic E-state index is 10.7. The van der Waals surface area contributed by atoms with Crippen LogP contribution >= 0.6 is 11.6 Å². The quantitative estimate of drug-likeness (QED) is 0.814. The van der Waals surface area contributed by atoms with E-state index in [0.29, 0.717) is 11.1 Å². The first-order valence-electron chi connectivity index (χ1n) is 3.98. The van der Waals surface area contributed by atoms with Crippen molar-refractivity contribution in [3.63, 3.8) is 0 Å². The lowest BCUT2D eigenvalue weighted by Crippen LogP contribution is -2.07. The molecule has 0 aliphatic heterocycles. The highest BCUT2D eigenvalue weighted by atomic mass is 35.5. The number of rotatable bonds is 2. The van der Waals surface area contributed by atoms with Crippen molar-refractivity contribution in [3.05, 3.63) is 34.3 Å². The highest BCUT2D eigenvalue weighted by molar-refractivity contribution is 6.31. The number of halogens is 1. The molecule has 3 nitrogen and oxygen atoms in total. The number of hydrogen-bond donors (Lipinski definition) is 1. The van der Waals surface area contributed by atoms with Crippen LogP contribution in [0.5, 0.6) is 0 Å². The van der Waals surface area contributed by atoms with Crippen molar-refractivity contribution in [2.24, 2.45) is 0 Å². The SMILES string of the molecule is C[C@H](C(=O)O)c1ccc(C#N)c(Cl)c1. The van der Waals surface area contributed by atoms with Gasteiger partial charge in [0.15, 0.2) is 0 Å². The zero-order chi connectivity index (χ0) is 10.7. The molecule has 0 bridgehead atoms. The summed E-state index contributed by atoms with van der Waals surface area (Å²) in [4.78, 5) is 10.7. The Morgan fingerprint density at radius 2 is 2.29 bits per heavy atom. The van der Waals surface area contributed by atoms with Crippen LogP contribution in [-0.4, -0.2) is 11.1 Å². The van der Waals surface area contributed by atoms with E-state index in [2.05, 4.69) is 0 Å². The number of carbonyl (C=O) groups is 1. The smallest absolute Gasteiger partial charge is 0.310 e. The van der Waals surface area contributed by atoms with Gasteiger partial charge in [0.25, 0.3) is 0 Å². The third-order valence-corrected chi connectivity index (χ3v) is 2.30. The van der Waals surface area contributed by atoms with Gasteiger partial charge < -0.3 is 5.11 Å². The van der Waals surface area contributed by atoms with Crippen molar-refractivity contribution in [1.82, 2.24) is 0 Å². The first-order chi connectivity index (χ1) is 6.56. The molecule has 72 valence electrons. The molecule has 1 aromatic carbocycles. The Morgan fingerprint density at radius 1 is 1.64 bits per heavy atom. The van der Waals surface area contributed by atoms with Crippen LogP contribution in [0.25, 0.3) is 0 Å². The predicted octanol–water partition coefficient (Wildman–Crippen LogP) is 2.40. The lowest BCUT2D eigenvalue weighted by Gasteiger charge is -2.06. The van der Waals surface area contributed by atoms with Crippen LogP contribution < -0.4 is 0 Å². The molecule has 0 fully saturated rings. The summed E-state index contributed by atoms with van der Waals surface area (Å²) in [5.74, 6) is -1.52. The largest absolute Gasteiger partial charge is 0.481 e. The Kier molecular flexibility index (Phi) is 3.10. The minimum atomic E-state index is -0.911. The number of benzene rings is 1. The molecule has 0 amide bonds. The van der Waals surface area contributed by atoms with E-state index in [1.165, 1.54) is 12.1 Å². The van der Waals surface area contributed by atoms with Gasteiger partial charge in [0.05, 0.1) is 16.5 Å². The summed E-state index contributed by atoms with van der Waals surface area (Å²) < 4.78 is 0. The molecule has 1 atom stereocenters. The van der Waals surface area contributed by atoms with E-state index in [4.69, 9.17) is 22.0 Å². The monoisotopic (exact) mass is 209 g/mol. The second-order valence-electron chi connectivity index (χ2n) is 2.91. The highest BCUT2D eigenvalue weighted by Crippen LogP contribution is 2.22. The maximum Gasteiger partial charge on any atom is 0.310 e. The van der Waals surface area contributed by atoms with E-state index in [-0.39, 0.29) is 5.02 Å². The fourth-order valence-electron chi connectivity index (χ4n) is 1.03. The molecule has 0 unspecified atom stereocenters. The Morgan fingerprint density at radius 3 is 2.71 bits per heavy atom. The molecule has 0 saturated carbocycles. The van der Waals surface area contributed by atoms with E-state index in [1.807, 2.05) is 6.07 Å². The van der Waals surface area contributed by atoms with E-state index in [0.717, 1.165) is 0 Å². The van der Waals surface area contributed by atoms with Crippen LogP contribution in [0.2, 0.25) is 5.02 Å². The molecular formula is C10H8ClNO2. The highest BCUT2D eigenvalue weighted by Gasteiger charge is 2.14. The van der Waals surface area contributed by atoms with Crippen LogP contribution in [0, 0.1) is 11.3 Å². The Balaban J connectivity index is 3.10. The van der Waals surface area contributed by atoms with Gasteiger partial charge >= 0.3 is 5.97 Å². The summed E-state index contributed by atoms with van der Waals surface area (Å²) in [5, 5.41) is 17.6. The van der Waals surface area contributed by atoms with Crippen molar-refractivity contribution < 1.29 is 9.90 Å². The zero-order valence-corrected chi connectivity index (χ0v) is 8.25. The fraction of sp³-hybridized carbons (Fsp3) is 0.200. The normalized spacial score (nSPS) is 11.8. The topological polar surface area (TPSA) is 61.1 Å². The van der Waals surface area contributed by atoms with Gasteiger partial charge in [-0.1, -0.05) is 17.7 Å². The molecule has 0 aliphatic carbocycles. The second kappa shape index (κ2) is 4.12. The molecule has 1 aromatic rings. The molecule has 0 aromatic heterocycles. The van der Waals surface area contributed by atoms with Crippen molar-refractivity contribution in [2.45, 2.75) is 12.8 Å². The standard InChI is InChI=1S/C10H8ClNO2/c1-6(10(13)14)7-2-3-8(5-12)9(11)4-7/h2-4,6H,1H3,(H,13,14)/t6-/m0/s1. The summed E-state index contributed by atoms with van der Waals surface area (Å²) in [6, 6.07) is 6.55. The van der Waals surface area contributed by atoms with Gasteiger partial charge in [0, 0.05) is 0 Å². The molecule has 0 saturated heterocycles. The van der Waals surface area contributed by atoms with Crippen molar-refractivity contribution in [2.75, 3.05) is 0 Å². The summed E-state index contributed by atoms with van der Waals surface area (Å²) in [6.07, 6.45) is 0. The van der Waals surface area contributed by atoms with E-state index in [9.17, 15) is 4.79 Å². The molecule has 0 spiro atoms. The lowest BCUT2D eigenvalue weighted by molar-refractivity contribution is -0.138. The molecule has 1 rings (SSSR count). The molecule has 4 heteroatoms. The van der Waals surface area contributed by atoms with Crippen LogP contribution in [0.1, 0.15) is 24.0 Å². The van der Waals surface area contributed by atoms with Gasteiger partial charge in [-0.25, -0.2) is 0 Å². The minimum Gasteiger partial charge on any atom is -0.481 e. The van der Waals surface area contributed by atoms with Gasteiger partial charge in [-0.15, -0.1) is 0 Å². The van der Waals surface area contributed by atoms with Crippen LogP contribution in [0.3, 0.4) is 0 Å². The number of carboxylic acid groups (broad SMARTS) is 1. The lowest BCUT2D eigenvalue weighted by atomic mass is 10.0. The predicted molar refractivity (Wildman–Crippen MR) is 52.2 cm³/mol. The number of nitriles is 1. The average Bonchev–Trinajstić information content (AvgIpc) is 2.16. The average molecular weight is 210 g/mol. The third-order valence-electron chi connectivity index (χ3n) is 1.98. The van der Waals surface area contributed by atoms with Crippen molar-refractivity contribution >= 4 is 17.6 Å². The van der Waals surface area contributed by atoms with Crippen LogP contribution in [-0.2, 0) is 4.79 Å². The summed E-state index contributed by atoms with van der Waals surface area (Å²) in [7, 11) is 0. The van der Waals surface area contributed by atoms with Gasteiger partial charge in [0.1, 0.15) is 6.07 Å². The maximum atomic E-state index is 10.7. The molecule has 1 N–H and O–H groups in total. The fourth-order valence-corrected chi connectivity index (χ4v) is 1.27. The number of aliphatic carboxylic acids is 1. The molecule has 0 radical (unpaired) electrons. The summed E-state index contributed by atoms with van der Waals surface area (Å²) in [5.41, 5.74) is 0.953. The number of nitrogens with zero attached hydrogens (tertiary/aromatic N) is 1. The van der Waals surface area contributed by atoms with E-state index < -0.39 is 11.9 Å². The van der Waals surface area contributed by atoms with E-state index in [1.54, 1.807) is 13.0 Å². The van der Waals surface area contributed by atoms with Crippen LogP contribution in [0.4, 0.5) is 0 Å². The molecule has 14 heavy (non-hydrogen) atoms. The minimum absolute atomic E-state index is 0.290.